The quantitative estimate of drug-likeness (QED) is 0.719. The van der Waals surface area contributed by atoms with E-state index in [0.29, 0.717) is 5.75 Å². The minimum atomic E-state index is -0.612. The summed E-state index contributed by atoms with van der Waals surface area (Å²) < 4.78 is 18.5. The molecule has 126 valence electrons. The summed E-state index contributed by atoms with van der Waals surface area (Å²) in [5.74, 6) is -1.12. The molecule has 3 aromatic carbocycles. The van der Waals surface area contributed by atoms with Crippen LogP contribution in [0.3, 0.4) is 0 Å². The van der Waals surface area contributed by atoms with Crippen molar-refractivity contribution in [3.05, 3.63) is 78.1 Å². The predicted octanol–water partition coefficient (Wildman–Crippen LogP) is 2.82. The molecule has 0 saturated carbocycles. The third-order valence-corrected chi connectivity index (χ3v) is 3.49. The average molecular weight is 338 g/mol. The van der Waals surface area contributed by atoms with E-state index in [1.54, 1.807) is 6.07 Å². The van der Waals surface area contributed by atoms with E-state index in [1.165, 1.54) is 18.2 Å². The Balaban J connectivity index is 1.51. The molecule has 0 aliphatic heterocycles. The molecule has 0 unspecified atom stereocenters. The van der Waals surface area contributed by atoms with Crippen LogP contribution in [0.1, 0.15) is 10.4 Å². The molecular formula is C19H15FN2O3. The highest BCUT2D eigenvalue weighted by atomic mass is 19.1. The second-order valence-corrected chi connectivity index (χ2v) is 5.31. The number of amides is 2. The maximum absolute atomic E-state index is 13.1. The Morgan fingerprint density at radius 1 is 0.880 bits per heavy atom. The van der Waals surface area contributed by atoms with Crippen LogP contribution in [-0.4, -0.2) is 18.4 Å². The van der Waals surface area contributed by atoms with Gasteiger partial charge in [0.1, 0.15) is 11.6 Å². The Labute approximate surface area is 143 Å². The molecule has 0 fully saturated rings. The van der Waals surface area contributed by atoms with Gasteiger partial charge in [0, 0.05) is 5.56 Å². The van der Waals surface area contributed by atoms with Gasteiger partial charge in [-0.3, -0.25) is 20.4 Å². The van der Waals surface area contributed by atoms with Gasteiger partial charge in [-0.1, -0.05) is 36.4 Å². The van der Waals surface area contributed by atoms with Crippen LogP contribution in [0.5, 0.6) is 5.75 Å². The molecule has 0 radical (unpaired) electrons. The van der Waals surface area contributed by atoms with Crippen LogP contribution in [0.25, 0.3) is 10.8 Å². The maximum Gasteiger partial charge on any atom is 0.276 e. The van der Waals surface area contributed by atoms with E-state index in [0.717, 1.165) is 16.8 Å². The van der Waals surface area contributed by atoms with Crippen LogP contribution in [0.2, 0.25) is 0 Å². The lowest BCUT2D eigenvalue weighted by Crippen LogP contribution is -2.43. The highest BCUT2D eigenvalue weighted by molar-refractivity contribution is 5.95. The number of carbonyl (C=O) groups excluding carboxylic acids is 2. The van der Waals surface area contributed by atoms with Crippen LogP contribution in [0.15, 0.2) is 66.7 Å². The fourth-order valence-corrected chi connectivity index (χ4v) is 2.27. The fraction of sp³-hybridized carbons (Fsp3) is 0.0526. The topological polar surface area (TPSA) is 67.4 Å². The molecule has 2 amide bonds. The van der Waals surface area contributed by atoms with Crippen molar-refractivity contribution in [3.8, 4) is 5.75 Å². The molecule has 0 spiro atoms. The van der Waals surface area contributed by atoms with Gasteiger partial charge < -0.3 is 4.74 Å². The molecular weight excluding hydrogens is 323 g/mol. The van der Waals surface area contributed by atoms with Crippen LogP contribution in [-0.2, 0) is 4.79 Å². The molecule has 25 heavy (non-hydrogen) atoms. The highest BCUT2D eigenvalue weighted by Crippen LogP contribution is 2.20. The standard InChI is InChI=1S/C19H15FN2O3/c20-16-7-3-6-15(10-16)19(24)22-21-18(23)12-25-17-9-8-13-4-1-2-5-14(13)11-17/h1-11H,12H2,(H,21,23)(H,22,24). The van der Waals surface area contributed by atoms with Gasteiger partial charge in [-0.2, -0.15) is 0 Å². The number of nitrogens with one attached hydrogen (secondary N) is 2. The molecule has 0 atom stereocenters. The first-order valence-electron chi connectivity index (χ1n) is 7.58. The molecule has 2 N–H and O–H groups in total. The third-order valence-electron chi connectivity index (χ3n) is 3.49. The SMILES string of the molecule is O=C(COc1ccc2ccccc2c1)NNC(=O)c1cccc(F)c1. The van der Waals surface area contributed by atoms with Crippen molar-refractivity contribution in [1.82, 2.24) is 10.9 Å². The van der Waals surface area contributed by atoms with Gasteiger partial charge in [0.15, 0.2) is 6.61 Å². The molecule has 0 aliphatic carbocycles. The second kappa shape index (κ2) is 7.44. The fourth-order valence-electron chi connectivity index (χ4n) is 2.27. The normalized spacial score (nSPS) is 10.3. The van der Waals surface area contributed by atoms with Gasteiger partial charge in [0.2, 0.25) is 0 Å². The lowest BCUT2D eigenvalue weighted by atomic mass is 10.1. The van der Waals surface area contributed by atoms with Crippen molar-refractivity contribution in [2.75, 3.05) is 6.61 Å². The summed E-state index contributed by atoms with van der Waals surface area (Å²) in [6.07, 6.45) is 0. The minimum Gasteiger partial charge on any atom is -0.484 e. The summed E-state index contributed by atoms with van der Waals surface area (Å²) in [7, 11) is 0. The number of hydrazine groups is 1. The largest absolute Gasteiger partial charge is 0.484 e. The Bertz CT molecular complexity index is 927. The van der Waals surface area contributed by atoms with Gasteiger partial charge in [-0.15, -0.1) is 0 Å². The van der Waals surface area contributed by atoms with Gasteiger partial charge in [-0.25, -0.2) is 4.39 Å². The highest BCUT2D eigenvalue weighted by Gasteiger charge is 2.08. The van der Waals surface area contributed by atoms with Crippen molar-refractivity contribution in [2.45, 2.75) is 0 Å². The maximum atomic E-state index is 13.1. The summed E-state index contributed by atoms with van der Waals surface area (Å²) in [6, 6.07) is 18.4. The summed E-state index contributed by atoms with van der Waals surface area (Å²) in [5, 5.41) is 2.07. The summed E-state index contributed by atoms with van der Waals surface area (Å²) in [4.78, 5) is 23.5. The Kier molecular flexibility index (Phi) is 4.89. The second-order valence-electron chi connectivity index (χ2n) is 5.31. The number of rotatable bonds is 4. The van der Waals surface area contributed by atoms with E-state index in [1.807, 2.05) is 36.4 Å². The van der Waals surface area contributed by atoms with Gasteiger partial charge in [0.05, 0.1) is 0 Å². The molecule has 3 rings (SSSR count). The summed E-state index contributed by atoms with van der Waals surface area (Å²) in [6.45, 7) is -0.262. The van der Waals surface area contributed by atoms with Crippen molar-refractivity contribution >= 4 is 22.6 Å². The Morgan fingerprint density at radius 2 is 1.68 bits per heavy atom. The van der Waals surface area contributed by atoms with Crippen molar-refractivity contribution in [1.29, 1.82) is 0 Å². The van der Waals surface area contributed by atoms with Crippen molar-refractivity contribution < 1.29 is 18.7 Å². The van der Waals surface area contributed by atoms with Gasteiger partial charge >= 0.3 is 0 Å². The summed E-state index contributed by atoms with van der Waals surface area (Å²) in [5.41, 5.74) is 4.54. The van der Waals surface area contributed by atoms with E-state index in [9.17, 15) is 14.0 Å². The number of fused-ring (bicyclic) bond motifs is 1. The first-order chi connectivity index (χ1) is 12.1. The molecule has 6 heteroatoms. The first-order valence-corrected chi connectivity index (χ1v) is 7.58. The molecule has 0 bridgehead atoms. The van der Waals surface area contributed by atoms with Crippen LogP contribution >= 0.6 is 0 Å². The van der Waals surface area contributed by atoms with Crippen molar-refractivity contribution in [2.24, 2.45) is 0 Å². The van der Waals surface area contributed by atoms with E-state index in [-0.39, 0.29) is 12.2 Å². The molecule has 5 nitrogen and oxygen atoms in total. The molecule has 0 saturated heterocycles. The number of hydrogen-bond donors (Lipinski definition) is 2. The van der Waals surface area contributed by atoms with Crippen LogP contribution < -0.4 is 15.6 Å². The van der Waals surface area contributed by atoms with E-state index >= 15 is 0 Å². The van der Waals surface area contributed by atoms with Crippen LogP contribution in [0.4, 0.5) is 4.39 Å². The first kappa shape index (κ1) is 16.4. The van der Waals surface area contributed by atoms with E-state index < -0.39 is 17.6 Å². The molecule has 0 aromatic heterocycles. The molecule has 0 aliphatic rings. The number of benzene rings is 3. The van der Waals surface area contributed by atoms with Gasteiger partial charge in [0.25, 0.3) is 11.8 Å². The smallest absolute Gasteiger partial charge is 0.276 e. The predicted molar refractivity (Wildman–Crippen MR) is 91.5 cm³/mol. The monoisotopic (exact) mass is 338 g/mol. The number of ether oxygens (including phenoxy) is 1. The van der Waals surface area contributed by atoms with E-state index in [2.05, 4.69) is 10.9 Å². The van der Waals surface area contributed by atoms with E-state index in [4.69, 9.17) is 4.74 Å². The zero-order valence-corrected chi connectivity index (χ0v) is 13.2. The number of halogens is 1. The molecule has 0 heterocycles. The Morgan fingerprint density at radius 3 is 2.48 bits per heavy atom. The third kappa shape index (κ3) is 4.32. The number of hydrogen-bond acceptors (Lipinski definition) is 3. The zero-order chi connectivity index (χ0) is 17.6. The minimum absolute atomic E-state index is 0.107. The van der Waals surface area contributed by atoms with Gasteiger partial charge in [-0.05, 0) is 41.1 Å². The summed E-state index contributed by atoms with van der Waals surface area (Å²) >= 11 is 0. The molecule has 3 aromatic rings. The lowest BCUT2D eigenvalue weighted by molar-refractivity contribution is -0.123. The van der Waals surface area contributed by atoms with Crippen LogP contribution in [0, 0.1) is 5.82 Å². The van der Waals surface area contributed by atoms with Crippen molar-refractivity contribution in [3.63, 3.8) is 0 Å². The average Bonchev–Trinajstić information content (AvgIpc) is 2.64. The lowest BCUT2D eigenvalue weighted by Gasteiger charge is -2.09. The number of carbonyl (C=O) groups is 2. The zero-order valence-electron chi connectivity index (χ0n) is 13.2. The Hall–Kier alpha value is -3.41.